The second-order valence-corrected chi connectivity index (χ2v) is 8.79. The molecule has 1 fully saturated rings. The number of hydrogen-bond donors (Lipinski definition) is 1. The molecule has 0 unspecified atom stereocenters. The number of rotatable bonds is 4. The fourth-order valence-electron chi connectivity index (χ4n) is 4.60. The van der Waals surface area contributed by atoms with Crippen LogP contribution >= 0.6 is 11.3 Å². The first-order chi connectivity index (χ1) is 14.1. The minimum Gasteiger partial charge on any atom is -0.347 e. The van der Waals surface area contributed by atoms with Gasteiger partial charge in [-0.25, -0.2) is 0 Å². The van der Waals surface area contributed by atoms with E-state index < -0.39 is 0 Å². The van der Waals surface area contributed by atoms with Gasteiger partial charge in [0.05, 0.1) is 12.1 Å². The lowest BCUT2D eigenvalue weighted by atomic mass is 10.1. The number of benzene rings is 1. The SMILES string of the molecule is Cn1c2ccccc2c2c(C(=O)NCc3cccs3)cn(C3CCCC3)c(=O)c21. The van der Waals surface area contributed by atoms with Gasteiger partial charge in [-0.1, -0.05) is 37.1 Å². The summed E-state index contributed by atoms with van der Waals surface area (Å²) in [5, 5.41) is 6.76. The van der Waals surface area contributed by atoms with Crippen LogP contribution in [-0.2, 0) is 13.6 Å². The summed E-state index contributed by atoms with van der Waals surface area (Å²) in [4.78, 5) is 27.8. The van der Waals surface area contributed by atoms with Crippen LogP contribution in [-0.4, -0.2) is 15.0 Å². The number of carbonyl (C=O) groups is 1. The summed E-state index contributed by atoms with van der Waals surface area (Å²) < 4.78 is 3.75. The second kappa shape index (κ2) is 7.19. The van der Waals surface area contributed by atoms with Crippen LogP contribution in [0.4, 0.5) is 0 Å². The van der Waals surface area contributed by atoms with Crippen LogP contribution in [0.1, 0.15) is 47.0 Å². The Morgan fingerprint density at radius 3 is 2.72 bits per heavy atom. The van der Waals surface area contributed by atoms with Gasteiger partial charge in [-0.2, -0.15) is 0 Å². The second-order valence-electron chi connectivity index (χ2n) is 7.76. The van der Waals surface area contributed by atoms with Gasteiger partial charge in [-0.3, -0.25) is 9.59 Å². The summed E-state index contributed by atoms with van der Waals surface area (Å²) in [6.07, 6.45) is 6.04. The van der Waals surface area contributed by atoms with Crippen LogP contribution < -0.4 is 10.9 Å². The average molecular weight is 406 g/mol. The molecule has 1 N–H and O–H groups in total. The van der Waals surface area contributed by atoms with E-state index in [0.717, 1.165) is 46.8 Å². The number of nitrogens with one attached hydrogen (secondary N) is 1. The van der Waals surface area contributed by atoms with Gasteiger partial charge < -0.3 is 14.5 Å². The zero-order valence-electron chi connectivity index (χ0n) is 16.4. The van der Waals surface area contributed by atoms with Crippen LogP contribution in [0.3, 0.4) is 0 Å². The smallest absolute Gasteiger partial charge is 0.275 e. The monoisotopic (exact) mass is 405 g/mol. The Kier molecular flexibility index (Phi) is 4.51. The molecule has 6 heteroatoms. The number of thiophene rings is 1. The molecule has 0 saturated heterocycles. The number of aromatic nitrogens is 2. The highest BCUT2D eigenvalue weighted by molar-refractivity contribution is 7.09. The third-order valence-corrected chi connectivity index (χ3v) is 6.92. The predicted octanol–water partition coefficient (Wildman–Crippen LogP) is 4.60. The van der Waals surface area contributed by atoms with Gasteiger partial charge in [0.1, 0.15) is 5.52 Å². The van der Waals surface area contributed by atoms with Crippen molar-refractivity contribution in [3.05, 3.63) is 68.8 Å². The van der Waals surface area contributed by atoms with Crippen molar-refractivity contribution in [1.29, 1.82) is 0 Å². The van der Waals surface area contributed by atoms with Crippen molar-refractivity contribution in [2.75, 3.05) is 0 Å². The summed E-state index contributed by atoms with van der Waals surface area (Å²) in [6, 6.07) is 12.1. The maximum Gasteiger partial charge on any atom is 0.275 e. The fraction of sp³-hybridized carbons (Fsp3) is 0.304. The molecule has 3 heterocycles. The van der Waals surface area contributed by atoms with Crippen molar-refractivity contribution >= 4 is 39.0 Å². The number of nitrogens with zero attached hydrogens (tertiary/aromatic N) is 2. The Morgan fingerprint density at radius 1 is 1.17 bits per heavy atom. The highest BCUT2D eigenvalue weighted by atomic mass is 32.1. The molecule has 1 aromatic carbocycles. The molecule has 5 rings (SSSR count). The molecule has 1 saturated carbocycles. The topological polar surface area (TPSA) is 56.0 Å². The van der Waals surface area contributed by atoms with Crippen LogP contribution in [0.15, 0.2) is 52.8 Å². The first-order valence-corrected chi connectivity index (χ1v) is 11.0. The van der Waals surface area contributed by atoms with E-state index in [1.54, 1.807) is 17.5 Å². The van der Waals surface area contributed by atoms with Gasteiger partial charge in [-0.05, 0) is 30.4 Å². The molecule has 148 valence electrons. The molecule has 0 radical (unpaired) electrons. The molecular formula is C23H23N3O2S. The quantitative estimate of drug-likeness (QED) is 0.539. The molecule has 29 heavy (non-hydrogen) atoms. The van der Waals surface area contributed by atoms with E-state index in [-0.39, 0.29) is 17.5 Å². The Balaban J connectivity index is 1.71. The summed E-state index contributed by atoms with van der Waals surface area (Å²) >= 11 is 1.62. The summed E-state index contributed by atoms with van der Waals surface area (Å²) in [7, 11) is 1.92. The summed E-state index contributed by atoms with van der Waals surface area (Å²) in [5.41, 5.74) is 2.17. The van der Waals surface area contributed by atoms with Crippen LogP contribution in [0, 0.1) is 0 Å². The zero-order chi connectivity index (χ0) is 20.0. The van der Waals surface area contributed by atoms with Crippen molar-refractivity contribution in [2.45, 2.75) is 38.3 Å². The maximum atomic E-state index is 13.4. The average Bonchev–Trinajstić information content (AvgIpc) is 3.49. The summed E-state index contributed by atoms with van der Waals surface area (Å²) in [5.74, 6) is -0.133. The van der Waals surface area contributed by atoms with Gasteiger partial charge >= 0.3 is 0 Å². The first kappa shape index (κ1) is 18.2. The standard InChI is InChI=1S/C23H23N3O2S/c1-25-19-11-5-4-10-17(19)20-18(22(27)24-13-16-9-6-12-29-16)14-26(23(28)21(20)25)15-7-2-3-8-15/h4-6,9-12,14-15H,2-3,7-8,13H2,1H3,(H,24,27). The van der Waals surface area contributed by atoms with Crippen molar-refractivity contribution in [3.8, 4) is 0 Å². The number of amides is 1. The van der Waals surface area contributed by atoms with Crippen LogP contribution in [0.25, 0.3) is 21.8 Å². The zero-order valence-corrected chi connectivity index (χ0v) is 17.2. The number of para-hydroxylation sites is 1. The van der Waals surface area contributed by atoms with Gasteiger partial charge in [0, 0.05) is 40.5 Å². The van der Waals surface area contributed by atoms with Crippen LogP contribution in [0.5, 0.6) is 0 Å². The summed E-state index contributed by atoms with van der Waals surface area (Å²) in [6.45, 7) is 0.491. The van der Waals surface area contributed by atoms with E-state index in [2.05, 4.69) is 5.32 Å². The lowest BCUT2D eigenvalue weighted by molar-refractivity contribution is 0.0952. The fourth-order valence-corrected chi connectivity index (χ4v) is 5.25. The highest BCUT2D eigenvalue weighted by Crippen LogP contribution is 2.33. The van der Waals surface area contributed by atoms with E-state index in [1.165, 1.54) is 0 Å². The van der Waals surface area contributed by atoms with Gasteiger partial charge in [0.15, 0.2) is 0 Å². The number of aryl methyl sites for hydroxylation is 1. The van der Waals surface area contributed by atoms with Gasteiger partial charge in [-0.15, -0.1) is 11.3 Å². The Bertz CT molecular complexity index is 1260. The Hall–Kier alpha value is -2.86. The maximum absolute atomic E-state index is 13.4. The minimum atomic E-state index is -0.133. The van der Waals surface area contributed by atoms with Crippen molar-refractivity contribution in [2.24, 2.45) is 7.05 Å². The Morgan fingerprint density at radius 2 is 1.97 bits per heavy atom. The molecule has 0 atom stereocenters. The van der Waals surface area contributed by atoms with Crippen molar-refractivity contribution in [3.63, 3.8) is 0 Å². The molecule has 5 nitrogen and oxygen atoms in total. The van der Waals surface area contributed by atoms with Gasteiger partial charge in [0.2, 0.25) is 0 Å². The third kappa shape index (κ3) is 2.99. The number of carbonyl (C=O) groups excluding carboxylic acids is 1. The van der Waals surface area contributed by atoms with Crippen molar-refractivity contribution < 1.29 is 4.79 Å². The normalized spacial score (nSPS) is 14.8. The largest absolute Gasteiger partial charge is 0.347 e. The van der Waals surface area contributed by atoms with Crippen molar-refractivity contribution in [1.82, 2.24) is 14.5 Å². The van der Waals surface area contributed by atoms with Gasteiger partial charge in [0.25, 0.3) is 11.5 Å². The molecule has 0 aliphatic heterocycles. The van der Waals surface area contributed by atoms with E-state index in [0.29, 0.717) is 17.6 Å². The number of pyridine rings is 1. The van der Waals surface area contributed by atoms with E-state index in [9.17, 15) is 9.59 Å². The minimum absolute atomic E-state index is 0.000377. The number of fused-ring (bicyclic) bond motifs is 3. The van der Waals surface area contributed by atoms with E-state index in [4.69, 9.17) is 0 Å². The lowest BCUT2D eigenvalue weighted by Gasteiger charge is -2.16. The lowest BCUT2D eigenvalue weighted by Crippen LogP contribution is -2.29. The Labute approximate surface area is 172 Å². The molecule has 4 aromatic rings. The molecule has 1 amide bonds. The molecule has 0 spiro atoms. The molecule has 1 aliphatic rings. The number of hydrogen-bond acceptors (Lipinski definition) is 3. The van der Waals surface area contributed by atoms with E-state index in [1.807, 2.05) is 58.0 Å². The highest BCUT2D eigenvalue weighted by Gasteiger charge is 2.25. The van der Waals surface area contributed by atoms with E-state index >= 15 is 0 Å². The van der Waals surface area contributed by atoms with Crippen LogP contribution in [0.2, 0.25) is 0 Å². The molecular weight excluding hydrogens is 382 g/mol. The molecule has 0 bridgehead atoms. The predicted molar refractivity (Wildman–Crippen MR) is 118 cm³/mol. The third-order valence-electron chi connectivity index (χ3n) is 6.05. The first-order valence-electron chi connectivity index (χ1n) is 10.1. The molecule has 1 aliphatic carbocycles. The molecule has 3 aromatic heterocycles.